The number of fused-ring (bicyclic) bond motifs is 2. The van der Waals surface area contributed by atoms with Gasteiger partial charge in [0.1, 0.15) is 23.0 Å². The van der Waals surface area contributed by atoms with E-state index in [1.54, 1.807) is 83.3 Å². The number of carbonyl (C=O) groups is 2. The number of hydrogen-bond donors (Lipinski definition) is 2. The van der Waals surface area contributed by atoms with Crippen LogP contribution in [0.3, 0.4) is 0 Å². The maximum Gasteiger partial charge on any atom is 0.313 e. The minimum atomic E-state index is -1.05. The average Bonchev–Trinajstić information content (AvgIpc) is 3.12. The Morgan fingerprint density at radius 2 is 1.00 bits per heavy atom. The van der Waals surface area contributed by atoms with Crippen LogP contribution < -0.4 is 39.5 Å². The molecule has 2 heterocycles. The third kappa shape index (κ3) is 7.62. The van der Waals surface area contributed by atoms with Crippen molar-refractivity contribution in [3.8, 4) is 46.0 Å². The zero-order valence-corrected chi connectivity index (χ0v) is 26.6. The highest BCUT2D eigenvalue weighted by molar-refractivity contribution is 6.39. The number of carbonyl (C=O) groups excluding carboxylic acids is 2. The van der Waals surface area contributed by atoms with E-state index in [2.05, 4.69) is 15.3 Å². The Hall–Kier alpha value is -6.56. The largest absolute Gasteiger partial charge is 0.493 e. The Bertz CT molecular complexity index is 2050. The van der Waals surface area contributed by atoms with E-state index >= 15 is 0 Å². The molecule has 0 aliphatic rings. The normalized spacial score (nSPS) is 10.3. The number of pyridine rings is 2. The predicted octanol–water partition coefficient (Wildman–Crippen LogP) is 6.51. The zero-order valence-electron chi connectivity index (χ0n) is 26.6. The van der Waals surface area contributed by atoms with Crippen LogP contribution in [0.1, 0.15) is 0 Å². The van der Waals surface area contributed by atoms with Crippen molar-refractivity contribution in [2.24, 2.45) is 5.73 Å². The first kappa shape index (κ1) is 32.8. The van der Waals surface area contributed by atoms with Crippen LogP contribution >= 0.6 is 0 Å². The molecular weight excluding hydrogens is 616 g/mol. The van der Waals surface area contributed by atoms with Crippen LogP contribution in [0.25, 0.3) is 21.8 Å². The lowest BCUT2D eigenvalue weighted by Crippen LogP contribution is -2.29. The molecule has 244 valence electrons. The quantitative estimate of drug-likeness (QED) is 0.166. The van der Waals surface area contributed by atoms with E-state index in [0.717, 1.165) is 27.8 Å². The second-order valence-electron chi connectivity index (χ2n) is 9.93. The summed E-state index contributed by atoms with van der Waals surface area (Å²) in [6.45, 7) is 0. The average molecular weight is 649 g/mol. The summed E-state index contributed by atoms with van der Waals surface area (Å²) in [5.74, 6) is 3.12. The Morgan fingerprint density at radius 3 is 1.44 bits per heavy atom. The maximum absolute atomic E-state index is 11.3. The van der Waals surface area contributed by atoms with Crippen LogP contribution in [0.15, 0.2) is 103 Å². The Morgan fingerprint density at radius 1 is 0.562 bits per heavy atom. The summed E-state index contributed by atoms with van der Waals surface area (Å²) in [6.07, 6.45) is 3.34. The number of primary amides is 1. The van der Waals surface area contributed by atoms with E-state index in [-0.39, 0.29) is 0 Å². The minimum Gasteiger partial charge on any atom is -0.493 e. The van der Waals surface area contributed by atoms with Gasteiger partial charge in [-0.3, -0.25) is 19.6 Å². The lowest BCUT2D eigenvalue weighted by atomic mass is 10.2. The number of nitrogens with two attached hydrogens (primary N) is 1. The molecule has 0 aliphatic carbocycles. The van der Waals surface area contributed by atoms with Gasteiger partial charge < -0.3 is 39.5 Å². The van der Waals surface area contributed by atoms with E-state index in [1.165, 1.54) is 0 Å². The van der Waals surface area contributed by atoms with Crippen LogP contribution in [0.5, 0.6) is 46.0 Å². The molecule has 0 radical (unpaired) electrons. The molecule has 6 rings (SSSR count). The SMILES string of the molecule is COc1cc2nccc(Oc3ccc(NC(=O)C(N)=O)cc3)c2cc1OC.COc1cc2nccc(Oc3ccccc3)c2cc1OC. The number of hydrogen-bond acceptors (Lipinski definition) is 10. The van der Waals surface area contributed by atoms with Crippen molar-refractivity contribution in [1.29, 1.82) is 0 Å². The van der Waals surface area contributed by atoms with Gasteiger partial charge in [0.25, 0.3) is 0 Å². The van der Waals surface area contributed by atoms with Gasteiger partial charge in [-0.05, 0) is 60.7 Å². The molecular formula is C36H32N4O8. The Labute approximate surface area is 275 Å². The summed E-state index contributed by atoms with van der Waals surface area (Å²) in [5, 5.41) is 4.01. The lowest BCUT2D eigenvalue weighted by Gasteiger charge is -2.12. The predicted molar refractivity (Wildman–Crippen MR) is 181 cm³/mol. The number of anilines is 1. The van der Waals surface area contributed by atoms with Gasteiger partial charge in [0, 0.05) is 41.0 Å². The van der Waals surface area contributed by atoms with Gasteiger partial charge >= 0.3 is 11.8 Å². The van der Waals surface area contributed by atoms with E-state index in [1.807, 2.05) is 48.5 Å². The molecule has 48 heavy (non-hydrogen) atoms. The smallest absolute Gasteiger partial charge is 0.313 e. The number of nitrogens with one attached hydrogen (secondary N) is 1. The van der Waals surface area contributed by atoms with E-state index in [4.69, 9.17) is 34.2 Å². The number of ether oxygens (including phenoxy) is 6. The number of nitrogens with zero attached hydrogens (tertiary/aromatic N) is 2. The maximum atomic E-state index is 11.3. The summed E-state index contributed by atoms with van der Waals surface area (Å²) < 4.78 is 33.1. The third-order valence-electron chi connectivity index (χ3n) is 6.95. The van der Waals surface area contributed by atoms with Crippen molar-refractivity contribution >= 4 is 39.3 Å². The van der Waals surface area contributed by atoms with Crippen LogP contribution in [0.2, 0.25) is 0 Å². The molecule has 0 atom stereocenters. The number of rotatable bonds is 9. The molecule has 0 aliphatic heterocycles. The van der Waals surface area contributed by atoms with Gasteiger partial charge in [-0.15, -0.1) is 0 Å². The molecule has 12 nitrogen and oxygen atoms in total. The first-order chi connectivity index (χ1) is 23.3. The Kier molecular flexibility index (Phi) is 10.4. The molecule has 0 unspecified atom stereocenters. The first-order valence-electron chi connectivity index (χ1n) is 14.5. The van der Waals surface area contributed by atoms with Crippen LogP contribution in [0.4, 0.5) is 5.69 Å². The molecule has 3 N–H and O–H groups in total. The fourth-order valence-corrected chi connectivity index (χ4v) is 4.61. The first-order valence-corrected chi connectivity index (χ1v) is 14.5. The van der Waals surface area contributed by atoms with Crippen molar-refractivity contribution in [3.63, 3.8) is 0 Å². The summed E-state index contributed by atoms with van der Waals surface area (Å²) in [5.41, 5.74) is 6.82. The van der Waals surface area contributed by atoms with E-state index in [0.29, 0.717) is 45.7 Å². The number of benzene rings is 4. The van der Waals surface area contributed by atoms with Crippen LogP contribution in [-0.4, -0.2) is 50.2 Å². The lowest BCUT2D eigenvalue weighted by molar-refractivity contribution is -0.134. The summed E-state index contributed by atoms with van der Waals surface area (Å²) in [7, 11) is 6.33. The molecule has 2 aromatic heterocycles. The van der Waals surface area contributed by atoms with E-state index < -0.39 is 11.8 Å². The topological polar surface area (TPSA) is 153 Å². The van der Waals surface area contributed by atoms with Gasteiger partial charge in [-0.25, -0.2) is 0 Å². The molecule has 6 aromatic rings. The molecule has 2 amide bonds. The highest BCUT2D eigenvalue weighted by Crippen LogP contribution is 2.38. The standard InChI is InChI=1S/C19H17N3O5.C17H15NO3/c1-25-16-9-13-14(10-17(16)26-2)21-8-7-15(13)27-12-5-3-11(4-6-12)22-19(24)18(20)23;1-19-16-10-13-14(11-17(16)20-2)18-9-8-15(13)21-12-6-4-3-5-7-12/h3-10H,1-2H3,(H2,20,23)(H,22,24);3-11H,1-2H3. The molecule has 0 bridgehead atoms. The molecule has 0 saturated carbocycles. The van der Waals surface area contributed by atoms with Crippen LogP contribution in [0, 0.1) is 0 Å². The number of methoxy groups -OCH3 is 4. The number of amides is 2. The second kappa shape index (κ2) is 15.1. The van der Waals surface area contributed by atoms with Gasteiger partial charge in [0.2, 0.25) is 0 Å². The monoisotopic (exact) mass is 648 g/mol. The highest BCUT2D eigenvalue weighted by atomic mass is 16.5. The van der Waals surface area contributed by atoms with Crippen molar-refractivity contribution in [2.75, 3.05) is 33.8 Å². The molecule has 0 fully saturated rings. The summed E-state index contributed by atoms with van der Waals surface area (Å²) in [6, 6.07) is 27.0. The summed E-state index contributed by atoms with van der Waals surface area (Å²) in [4.78, 5) is 30.8. The fraction of sp³-hybridized carbons (Fsp3) is 0.111. The van der Waals surface area contributed by atoms with Crippen LogP contribution in [-0.2, 0) is 9.59 Å². The number of para-hydroxylation sites is 1. The van der Waals surface area contributed by atoms with Crippen molar-refractivity contribution in [2.45, 2.75) is 0 Å². The minimum absolute atomic E-state index is 0.428. The number of aromatic nitrogens is 2. The highest BCUT2D eigenvalue weighted by Gasteiger charge is 2.13. The van der Waals surface area contributed by atoms with Gasteiger partial charge in [0.15, 0.2) is 23.0 Å². The van der Waals surface area contributed by atoms with Gasteiger partial charge in [-0.2, -0.15) is 0 Å². The second-order valence-corrected chi connectivity index (χ2v) is 9.93. The zero-order chi connectivity index (χ0) is 34.0. The molecule has 12 heteroatoms. The molecule has 0 saturated heterocycles. The van der Waals surface area contributed by atoms with Gasteiger partial charge in [-0.1, -0.05) is 18.2 Å². The summed E-state index contributed by atoms with van der Waals surface area (Å²) >= 11 is 0. The van der Waals surface area contributed by atoms with Gasteiger partial charge in [0.05, 0.1) is 39.5 Å². The van der Waals surface area contributed by atoms with E-state index in [9.17, 15) is 9.59 Å². The Balaban J connectivity index is 0.000000194. The fourth-order valence-electron chi connectivity index (χ4n) is 4.61. The molecule has 0 spiro atoms. The van der Waals surface area contributed by atoms with Crippen molar-refractivity contribution in [1.82, 2.24) is 9.97 Å². The van der Waals surface area contributed by atoms with Crippen molar-refractivity contribution < 1.29 is 38.0 Å². The third-order valence-corrected chi connectivity index (χ3v) is 6.95. The molecule has 4 aromatic carbocycles. The van der Waals surface area contributed by atoms with Crippen molar-refractivity contribution in [3.05, 3.63) is 103 Å².